The molecule has 2 rings (SSSR count). The second-order valence-corrected chi connectivity index (χ2v) is 6.05. The summed E-state index contributed by atoms with van der Waals surface area (Å²) in [5, 5.41) is 4.22. The number of rotatable bonds is 6. The van der Waals surface area contributed by atoms with Crippen LogP contribution >= 0.6 is 11.6 Å². The van der Waals surface area contributed by atoms with Crippen LogP contribution in [0.5, 0.6) is 5.75 Å². The van der Waals surface area contributed by atoms with Gasteiger partial charge >= 0.3 is 0 Å². The molecule has 0 aliphatic heterocycles. The maximum absolute atomic E-state index is 6.16. The smallest absolute Gasteiger partial charge is 0.142 e. The van der Waals surface area contributed by atoms with E-state index >= 15 is 0 Å². The molecule has 0 spiro atoms. The van der Waals surface area contributed by atoms with Crippen LogP contribution in [0.3, 0.4) is 0 Å². The molecule has 3 heteroatoms. The van der Waals surface area contributed by atoms with Crippen molar-refractivity contribution in [2.45, 2.75) is 27.3 Å². The minimum absolute atomic E-state index is 0.508. The SMILES string of the molecule is Cc1ccc(CNc2ccccc2OCC(C)C)cc1Cl. The Balaban J connectivity index is 2.03. The number of hydrogen-bond donors (Lipinski definition) is 1. The van der Waals surface area contributed by atoms with E-state index in [2.05, 4.69) is 25.2 Å². The molecular formula is C18H22ClNO. The van der Waals surface area contributed by atoms with E-state index in [4.69, 9.17) is 16.3 Å². The molecule has 0 aromatic heterocycles. The number of benzene rings is 2. The van der Waals surface area contributed by atoms with Crippen LogP contribution < -0.4 is 10.1 Å². The molecule has 21 heavy (non-hydrogen) atoms. The number of anilines is 1. The first-order valence-corrected chi connectivity index (χ1v) is 7.65. The van der Waals surface area contributed by atoms with Crippen molar-refractivity contribution in [3.8, 4) is 5.75 Å². The van der Waals surface area contributed by atoms with Gasteiger partial charge in [-0.1, -0.05) is 49.7 Å². The molecule has 112 valence electrons. The fraction of sp³-hybridized carbons (Fsp3) is 0.333. The van der Waals surface area contributed by atoms with Gasteiger partial charge in [-0.25, -0.2) is 0 Å². The first-order valence-electron chi connectivity index (χ1n) is 7.27. The molecule has 2 aromatic rings. The Kier molecular flexibility index (Phi) is 5.51. The normalized spacial score (nSPS) is 10.7. The van der Waals surface area contributed by atoms with Crippen LogP contribution in [-0.4, -0.2) is 6.61 Å². The van der Waals surface area contributed by atoms with Gasteiger partial charge in [0.25, 0.3) is 0 Å². The Labute approximate surface area is 132 Å². The molecule has 0 radical (unpaired) electrons. The van der Waals surface area contributed by atoms with Crippen LogP contribution in [0, 0.1) is 12.8 Å². The third kappa shape index (κ3) is 4.68. The van der Waals surface area contributed by atoms with Crippen LogP contribution in [0.4, 0.5) is 5.69 Å². The molecule has 0 aliphatic rings. The zero-order valence-electron chi connectivity index (χ0n) is 12.8. The summed E-state index contributed by atoms with van der Waals surface area (Å²) < 4.78 is 5.84. The van der Waals surface area contributed by atoms with Crippen LogP contribution in [0.2, 0.25) is 5.02 Å². The summed E-state index contributed by atoms with van der Waals surface area (Å²) in [4.78, 5) is 0. The highest BCUT2D eigenvalue weighted by molar-refractivity contribution is 6.31. The summed E-state index contributed by atoms with van der Waals surface area (Å²) in [5.74, 6) is 1.40. The van der Waals surface area contributed by atoms with E-state index in [-0.39, 0.29) is 0 Å². The molecule has 0 aliphatic carbocycles. The molecule has 0 atom stereocenters. The number of ether oxygens (including phenoxy) is 1. The topological polar surface area (TPSA) is 21.3 Å². The van der Waals surface area contributed by atoms with E-state index in [1.807, 2.05) is 43.3 Å². The van der Waals surface area contributed by atoms with E-state index in [0.717, 1.165) is 40.7 Å². The van der Waals surface area contributed by atoms with Crippen LogP contribution in [-0.2, 0) is 6.54 Å². The number of hydrogen-bond acceptors (Lipinski definition) is 2. The molecule has 1 N–H and O–H groups in total. The lowest BCUT2D eigenvalue weighted by atomic mass is 10.1. The number of nitrogens with one attached hydrogen (secondary N) is 1. The Morgan fingerprint density at radius 1 is 1.14 bits per heavy atom. The number of halogens is 1. The minimum Gasteiger partial charge on any atom is -0.491 e. The third-order valence-electron chi connectivity index (χ3n) is 3.18. The zero-order chi connectivity index (χ0) is 15.2. The molecule has 0 amide bonds. The Bertz CT molecular complexity index is 596. The average Bonchev–Trinajstić information content (AvgIpc) is 2.47. The van der Waals surface area contributed by atoms with Gasteiger partial charge in [0.1, 0.15) is 5.75 Å². The van der Waals surface area contributed by atoms with Gasteiger partial charge in [0, 0.05) is 11.6 Å². The monoisotopic (exact) mass is 303 g/mol. The van der Waals surface area contributed by atoms with Gasteiger partial charge in [0.15, 0.2) is 0 Å². The Hall–Kier alpha value is -1.67. The highest BCUT2D eigenvalue weighted by Crippen LogP contribution is 2.25. The summed E-state index contributed by atoms with van der Waals surface area (Å²) in [6, 6.07) is 14.2. The van der Waals surface area contributed by atoms with Crippen molar-refractivity contribution in [3.63, 3.8) is 0 Å². The zero-order valence-corrected chi connectivity index (χ0v) is 13.6. The lowest BCUT2D eigenvalue weighted by Crippen LogP contribution is -2.07. The average molecular weight is 304 g/mol. The second kappa shape index (κ2) is 7.37. The molecule has 0 saturated carbocycles. The van der Waals surface area contributed by atoms with Crippen molar-refractivity contribution in [1.82, 2.24) is 0 Å². The van der Waals surface area contributed by atoms with Crippen LogP contribution in [0.25, 0.3) is 0 Å². The van der Waals surface area contributed by atoms with Crippen molar-refractivity contribution in [3.05, 3.63) is 58.6 Å². The van der Waals surface area contributed by atoms with E-state index < -0.39 is 0 Å². The van der Waals surface area contributed by atoms with E-state index in [1.165, 1.54) is 0 Å². The molecule has 2 nitrogen and oxygen atoms in total. The lowest BCUT2D eigenvalue weighted by molar-refractivity contribution is 0.272. The standard InChI is InChI=1S/C18H22ClNO/c1-13(2)12-21-18-7-5-4-6-17(18)20-11-15-9-8-14(3)16(19)10-15/h4-10,13,20H,11-12H2,1-3H3. The summed E-state index contributed by atoms with van der Waals surface area (Å²) >= 11 is 6.16. The summed E-state index contributed by atoms with van der Waals surface area (Å²) in [7, 11) is 0. The maximum Gasteiger partial charge on any atom is 0.142 e. The van der Waals surface area contributed by atoms with E-state index in [9.17, 15) is 0 Å². The molecular weight excluding hydrogens is 282 g/mol. The first kappa shape index (κ1) is 15.7. The van der Waals surface area contributed by atoms with E-state index in [1.54, 1.807) is 0 Å². The quantitative estimate of drug-likeness (QED) is 0.782. The van der Waals surface area contributed by atoms with Gasteiger partial charge in [0.05, 0.1) is 12.3 Å². The van der Waals surface area contributed by atoms with Crippen LogP contribution in [0.1, 0.15) is 25.0 Å². The Morgan fingerprint density at radius 3 is 2.62 bits per heavy atom. The molecule has 0 fully saturated rings. The minimum atomic E-state index is 0.508. The molecule has 0 bridgehead atoms. The largest absolute Gasteiger partial charge is 0.491 e. The van der Waals surface area contributed by atoms with Gasteiger partial charge < -0.3 is 10.1 Å². The predicted molar refractivity (Wildman–Crippen MR) is 90.3 cm³/mol. The van der Waals surface area contributed by atoms with Crippen molar-refractivity contribution in [2.75, 3.05) is 11.9 Å². The van der Waals surface area contributed by atoms with Crippen molar-refractivity contribution in [2.24, 2.45) is 5.92 Å². The van der Waals surface area contributed by atoms with Crippen molar-refractivity contribution < 1.29 is 4.74 Å². The fourth-order valence-electron chi connectivity index (χ4n) is 1.94. The van der Waals surface area contributed by atoms with Gasteiger partial charge in [0.2, 0.25) is 0 Å². The van der Waals surface area contributed by atoms with Crippen molar-refractivity contribution in [1.29, 1.82) is 0 Å². The highest BCUT2D eigenvalue weighted by atomic mass is 35.5. The highest BCUT2D eigenvalue weighted by Gasteiger charge is 2.04. The summed E-state index contributed by atoms with van der Waals surface area (Å²) in [5.41, 5.74) is 3.26. The Morgan fingerprint density at radius 2 is 1.90 bits per heavy atom. The van der Waals surface area contributed by atoms with Gasteiger partial charge in [-0.05, 0) is 42.2 Å². The van der Waals surface area contributed by atoms with Gasteiger partial charge in [-0.3, -0.25) is 0 Å². The number of para-hydroxylation sites is 2. The van der Waals surface area contributed by atoms with Gasteiger partial charge in [-0.15, -0.1) is 0 Å². The molecule has 0 saturated heterocycles. The van der Waals surface area contributed by atoms with Gasteiger partial charge in [-0.2, -0.15) is 0 Å². The molecule has 0 unspecified atom stereocenters. The fourth-order valence-corrected chi connectivity index (χ4v) is 2.14. The summed E-state index contributed by atoms with van der Waals surface area (Å²) in [6.45, 7) is 7.74. The molecule has 0 heterocycles. The third-order valence-corrected chi connectivity index (χ3v) is 3.59. The maximum atomic E-state index is 6.16. The summed E-state index contributed by atoms with van der Waals surface area (Å²) in [6.07, 6.45) is 0. The number of aryl methyl sites for hydroxylation is 1. The first-order chi connectivity index (χ1) is 10.1. The second-order valence-electron chi connectivity index (χ2n) is 5.64. The van der Waals surface area contributed by atoms with Crippen LogP contribution in [0.15, 0.2) is 42.5 Å². The van der Waals surface area contributed by atoms with Crippen molar-refractivity contribution >= 4 is 17.3 Å². The predicted octanol–water partition coefficient (Wildman–Crippen LogP) is 5.30. The molecule has 2 aromatic carbocycles. The van der Waals surface area contributed by atoms with E-state index in [0.29, 0.717) is 5.92 Å². The lowest BCUT2D eigenvalue weighted by Gasteiger charge is -2.14.